The van der Waals surface area contributed by atoms with Crippen molar-refractivity contribution in [3.05, 3.63) is 50.6 Å². The minimum absolute atomic E-state index is 0.0107. The average Bonchev–Trinajstić information content (AvgIpc) is 2.83. The Hall–Kier alpha value is -1.33. The summed E-state index contributed by atoms with van der Waals surface area (Å²) in [5.74, 6) is 0.682. The number of thiophene rings is 1. The van der Waals surface area contributed by atoms with Crippen molar-refractivity contribution in [2.24, 2.45) is 0 Å². The topological polar surface area (TPSA) is 29.5 Å². The van der Waals surface area contributed by atoms with Gasteiger partial charge in [0, 0.05) is 17.5 Å². The van der Waals surface area contributed by atoms with Crippen LogP contribution in [0, 0.1) is 0 Å². The number of benzene rings is 1. The number of methoxy groups -OCH3 is 1. The molecule has 0 saturated heterocycles. The van der Waals surface area contributed by atoms with Crippen molar-refractivity contribution in [2.45, 2.75) is 6.54 Å². The molecule has 100 valence electrons. The highest BCUT2D eigenvalue weighted by Gasteiger charge is 2.13. The van der Waals surface area contributed by atoms with Crippen molar-refractivity contribution >= 4 is 33.2 Å². The van der Waals surface area contributed by atoms with Crippen LogP contribution in [0.2, 0.25) is 0 Å². The van der Waals surface area contributed by atoms with E-state index in [-0.39, 0.29) is 5.91 Å². The van der Waals surface area contributed by atoms with Crippen LogP contribution >= 0.6 is 27.3 Å². The first-order valence-electron chi connectivity index (χ1n) is 5.74. The van der Waals surface area contributed by atoms with Gasteiger partial charge in [0.1, 0.15) is 5.75 Å². The lowest BCUT2D eigenvalue weighted by atomic mass is 10.2. The molecule has 0 bridgehead atoms. The van der Waals surface area contributed by atoms with E-state index >= 15 is 0 Å². The summed E-state index contributed by atoms with van der Waals surface area (Å²) in [4.78, 5) is 15.1. The Kier molecular flexibility index (Phi) is 4.61. The lowest BCUT2D eigenvalue weighted by molar-refractivity contribution is 0.0786. The molecule has 0 unspecified atom stereocenters. The molecule has 0 aliphatic heterocycles. The fraction of sp³-hybridized carbons (Fsp3) is 0.214. The van der Waals surface area contributed by atoms with Gasteiger partial charge in [-0.3, -0.25) is 4.79 Å². The summed E-state index contributed by atoms with van der Waals surface area (Å²) in [6, 6.07) is 11.2. The predicted molar refractivity (Wildman–Crippen MR) is 80.8 cm³/mol. The molecule has 19 heavy (non-hydrogen) atoms. The summed E-state index contributed by atoms with van der Waals surface area (Å²) in [5.41, 5.74) is 0.637. The molecule has 0 atom stereocenters. The van der Waals surface area contributed by atoms with Gasteiger partial charge in [0.15, 0.2) is 0 Å². The van der Waals surface area contributed by atoms with Gasteiger partial charge in [-0.05, 0) is 46.3 Å². The maximum Gasteiger partial charge on any atom is 0.254 e. The van der Waals surface area contributed by atoms with Gasteiger partial charge in [0.05, 0.1) is 17.4 Å². The summed E-state index contributed by atoms with van der Waals surface area (Å²) >= 11 is 5.06. The Bertz CT molecular complexity index is 582. The minimum atomic E-state index is -0.0107. The molecule has 0 fully saturated rings. The molecule has 2 aromatic rings. The summed E-state index contributed by atoms with van der Waals surface area (Å²) in [7, 11) is 3.39. The maximum absolute atomic E-state index is 12.3. The number of nitrogens with zero attached hydrogens (tertiary/aromatic N) is 1. The molecule has 5 heteroatoms. The fourth-order valence-electron chi connectivity index (χ4n) is 1.72. The molecule has 1 aromatic carbocycles. The second kappa shape index (κ2) is 6.21. The zero-order valence-corrected chi connectivity index (χ0v) is 13.1. The highest BCUT2D eigenvalue weighted by atomic mass is 79.9. The Labute approximate surface area is 124 Å². The number of rotatable bonds is 4. The fourth-order valence-corrected chi connectivity index (χ4v) is 3.26. The third-order valence-electron chi connectivity index (χ3n) is 2.69. The van der Waals surface area contributed by atoms with Crippen molar-refractivity contribution in [3.8, 4) is 5.75 Å². The number of hydrogen-bond donors (Lipinski definition) is 0. The average molecular weight is 340 g/mol. The van der Waals surface area contributed by atoms with Gasteiger partial charge in [-0.15, -0.1) is 11.3 Å². The van der Waals surface area contributed by atoms with E-state index in [1.807, 2.05) is 24.3 Å². The first-order chi connectivity index (χ1) is 9.10. The third kappa shape index (κ3) is 3.58. The quantitative estimate of drug-likeness (QED) is 0.847. The summed E-state index contributed by atoms with van der Waals surface area (Å²) in [6.07, 6.45) is 0. The Balaban J connectivity index is 2.09. The number of hydrogen-bond acceptors (Lipinski definition) is 3. The number of carbonyl (C=O) groups excluding carboxylic acids is 1. The number of ether oxygens (including phenoxy) is 1. The van der Waals surface area contributed by atoms with E-state index < -0.39 is 0 Å². The van der Waals surface area contributed by atoms with Gasteiger partial charge < -0.3 is 9.64 Å². The zero-order valence-electron chi connectivity index (χ0n) is 10.7. The SMILES string of the molecule is COc1cccc(C(=O)N(C)Cc2ccc(Br)s2)c1. The van der Waals surface area contributed by atoms with Crippen LogP contribution in [0.4, 0.5) is 0 Å². The molecule has 0 N–H and O–H groups in total. The van der Waals surface area contributed by atoms with Gasteiger partial charge in [0.25, 0.3) is 5.91 Å². The van der Waals surface area contributed by atoms with E-state index in [4.69, 9.17) is 4.74 Å². The first-order valence-corrected chi connectivity index (χ1v) is 7.35. The van der Waals surface area contributed by atoms with Gasteiger partial charge in [-0.1, -0.05) is 6.07 Å². The molecule has 1 heterocycles. The third-order valence-corrected chi connectivity index (χ3v) is 4.29. The summed E-state index contributed by atoms with van der Waals surface area (Å²) in [6.45, 7) is 0.603. The lowest BCUT2D eigenvalue weighted by Crippen LogP contribution is -2.25. The number of amides is 1. The van der Waals surface area contributed by atoms with E-state index in [0.29, 0.717) is 17.9 Å². The normalized spacial score (nSPS) is 10.3. The first kappa shape index (κ1) is 14.1. The van der Waals surface area contributed by atoms with Crippen molar-refractivity contribution in [2.75, 3.05) is 14.2 Å². The van der Waals surface area contributed by atoms with Crippen molar-refractivity contribution in [1.82, 2.24) is 4.90 Å². The maximum atomic E-state index is 12.3. The number of halogens is 1. The highest BCUT2D eigenvalue weighted by molar-refractivity contribution is 9.11. The van der Waals surface area contributed by atoms with E-state index in [2.05, 4.69) is 15.9 Å². The molecular formula is C14H14BrNO2S. The monoisotopic (exact) mass is 339 g/mol. The van der Waals surface area contributed by atoms with Crippen molar-refractivity contribution in [3.63, 3.8) is 0 Å². The predicted octanol–water partition coefficient (Wildman–Crippen LogP) is 3.79. The summed E-state index contributed by atoms with van der Waals surface area (Å²) in [5, 5.41) is 0. The molecule has 0 saturated carbocycles. The van der Waals surface area contributed by atoms with Crippen LogP contribution in [-0.4, -0.2) is 25.0 Å². The molecule has 2 rings (SSSR count). The molecule has 0 aliphatic rings. The van der Waals surface area contributed by atoms with Gasteiger partial charge in [-0.25, -0.2) is 0 Å². The number of carbonyl (C=O) groups is 1. The van der Waals surface area contributed by atoms with Crippen LogP contribution in [-0.2, 0) is 6.54 Å². The van der Waals surface area contributed by atoms with Crippen molar-refractivity contribution < 1.29 is 9.53 Å². The van der Waals surface area contributed by atoms with E-state index in [1.54, 1.807) is 42.5 Å². The van der Waals surface area contributed by atoms with Crippen molar-refractivity contribution in [1.29, 1.82) is 0 Å². The smallest absolute Gasteiger partial charge is 0.254 e. The Morgan fingerprint density at radius 1 is 1.37 bits per heavy atom. The largest absolute Gasteiger partial charge is 0.497 e. The standard InChI is InChI=1S/C14H14BrNO2S/c1-16(9-12-6-7-13(15)19-12)14(17)10-4-3-5-11(8-10)18-2/h3-8H,9H2,1-2H3. The van der Waals surface area contributed by atoms with E-state index in [9.17, 15) is 4.79 Å². The van der Waals surface area contributed by atoms with Crippen LogP contribution in [0.3, 0.4) is 0 Å². The van der Waals surface area contributed by atoms with Crippen LogP contribution in [0.1, 0.15) is 15.2 Å². The Morgan fingerprint density at radius 2 is 2.16 bits per heavy atom. The zero-order chi connectivity index (χ0) is 13.8. The lowest BCUT2D eigenvalue weighted by Gasteiger charge is -2.16. The van der Waals surface area contributed by atoms with E-state index in [1.165, 1.54) is 0 Å². The molecule has 1 aromatic heterocycles. The molecule has 0 spiro atoms. The van der Waals surface area contributed by atoms with Crippen LogP contribution in [0.15, 0.2) is 40.2 Å². The summed E-state index contributed by atoms with van der Waals surface area (Å²) < 4.78 is 6.21. The van der Waals surface area contributed by atoms with Gasteiger partial charge >= 0.3 is 0 Å². The Morgan fingerprint density at radius 3 is 2.79 bits per heavy atom. The molecular weight excluding hydrogens is 326 g/mol. The minimum Gasteiger partial charge on any atom is -0.497 e. The van der Waals surface area contributed by atoms with Crippen LogP contribution < -0.4 is 4.74 Å². The van der Waals surface area contributed by atoms with Gasteiger partial charge in [0.2, 0.25) is 0 Å². The molecule has 0 radical (unpaired) electrons. The van der Waals surface area contributed by atoms with Gasteiger partial charge in [-0.2, -0.15) is 0 Å². The molecule has 0 aliphatic carbocycles. The van der Waals surface area contributed by atoms with Crippen LogP contribution in [0.5, 0.6) is 5.75 Å². The molecule has 1 amide bonds. The highest BCUT2D eigenvalue weighted by Crippen LogP contribution is 2.23. The second-order valence-electron chi connectivity index (χ2n) is 4.10. The second-order valence-corrected chi connectivity index (χ2v) is 6.65. The van der Waals surface area contributed by atoms with E-state index in [0.717, 1.165) is 8.66 Å². The van der Waals surface area contributed by atoms with Crippen LogP contribution in [0.25, 0.3) is 0 Å². The molecule has 3 nitrogen and oxygen atoms in total.